The van der Waals surface area contributed by atoms with Gasteiger partial charge in [-0.25, -0.2) is 4.68 Å². The average molecular weight is 309 g/mol. The van der Waals surface area contributed by atoms with Gasteiger partial charge in [0, 0.05) is 6.42 Å². The van der Waals surface area contributed by atoms with Gasteiger partial charge in [-0.05, 0) is 29.7 Å². The minimum Gasteiger partial charge on any atom is -0.459 e. The van der Waals surface area contributed by atoms with Crippen LogP contribution < -0.4 is 0 Å². The highest BCUT2D eigenvalue weighted by molar-refractivity contribution is 5.50. The molecule has 0 bridgehead atoms. The van der Waals surface area contributed by atoms with Crippen molar-refractivity contribution in [2.75, 3.05) is 6.61 Å². The largest absolute Gasteiger partial charge is 0.459 e. The van der Waals surface area contributed by atoms with Gasteiger partial charge in [0.25, 0.3) is 0 Å². The molecule has 23 heavy (non-hydrogen) atoms. The lowest BCUT2D eigenvalue weighted by molar-refractivity contribution is 0.0279. The number of benzene rings is 1. The SMILES string of the molecule is CCc1ccc(-c2cn(CC3OCCc4ccccc43)nn2)o1. The van der Waals surface area contributed by atoms with Gasteiger partial charge >= 0.3 is 0 Å². The Morgan fingerprint density at radius 2 is 2.13 bits per heavy atom. The highest BCUT2D eigenvalue weighted by atomic mass is 16.5. The fourth-order valence-electron chi connectivity index (χ4n) is 3.00. The number of fused-ring (bicyclic) bond motifs is 1. The topological polar surface area (TPSA) is 53.1 Å². The van der Waals surface area contributed by atoms with E-state index in [0.29, 0.717) is 6.54 Å². The van der Waals surface area contributed by atoms with Crippen molar-refractivity contribution in [3.8, 4) is 11.5 Å². The quantitative estimate of drug-likeness (QED) is 0.741. The Hall–Kier alpha value is -2.40. The van der Waals surface area contributed by atoms with E-state index in [9.17, 15) is 0 Å². The minimum atomic E-state index is 0.0253. The van der Waals surface area contributed by atoms with Crippen LogP contribution in [0.25, 0.3) is 11.5 Å². The second-order valence-electron chi connectivity index (χ2n) is 5.75. The lowest BCUT2D eigenvalue weighted by Crippen LogP contribution is -2.20. The van der Waals surface area contributed by atoms with Gasteiger partial charge in [0.15, 0.2) is 5.76 Å². The van der Waals surface area contributed by atoms with Gasteiger partial charge in [-0.2, -0.15) is 0 Å². The van der Waals surface area contributed by atoms with E-state index < -0.39 is 0 Å². The highest BCUT2D eigenvalue weighted by Gasteiger charge is 2.21. The normalized spacial score (nSPS) is 17.2. The van der Waals surface area contributed by atoms with Crippen molar-refractivity contribution in [2.24, 2.45) is 0 Å². The van der Waals surface area contributed by atoms with Crippen LogP contribution in [-0.4, -0.2) is 21.6 Å². The van der Waals surface area contributed by atoms with Gasteiger partial charge in [-0.3, -0.25) is 0 Å². The number of rotatable bonds is 4. The third kappa shape index (κ3) is 2.80. The summed E-state index contributed by atoms with van der Waals surface area (Å²) in [7, 11) is 0. The van der Waals surface area contributed by atoms with Gasteiger partial charge < -0.3 is 9.15 Å². The maximum Gasteiger partial charge on any atom is 0.156 e. The van der Waals surface area contributed by atoms with Gasteiger partial charge in [0.2, 0.25) is 0 Å². The first-order valence-electron chi connectivity index (χ1n) is 8.02. The summed E-state index contributed by atoms with van der Waals surface area (Å²) in [5.74, 6) is 1.72. The Morgan fingerprint density at radius 3 is 3.00 bits per heavy atom. The molecule has 1 aromatic carbocycles. The number of hydrogen-bond acceptors (Lipinski definition) is 4. The molecule has 1 atom stereocenters. The Morgan fingerprint density at radius 1 is 1.22 bits per heavy atom. The molecule has 1 unspecified atom stereocenters. The molecule has 0 saturated carbocycles. The molecule has 5 heteroatoms. The third-order valence-corrected chi connectivity index (χ3v) is 4.25. The van der Waals surface area contributed by atoms with E-state index in [2.05, 4.69) is 41.5 Å². The van der Waals surface area contributed by atoms with Gasteiger partial charge in [-0.15, -0.1) is 5.10 Å². The maximum atomic E-state index is 5.93. The van der Waals surface area contributed by atoms with Crippen molar-refractivity contribution in [2.45, 2.75) is 32.4 Å². The molecule has 1 aliphatic heterocycles. The van der Waals surface area contributed by atoms with Crippen LogP contribution >= 0.6 is 0 Å². The van der Waals surface area contributed by atoms with Crippen molar-refractivity contribution < 1.29 is 9.15 Å². The molecule has 4 rings (SSSR count). The summed E-state index contributed by atoms with van der Waals surface area (Å²) in [4.78, 5) is 0. The van der Waals surface area contributed by atoms with Crippen molar-refractivity contribution in [1.29, 1.82) is 0 Å². The molecule has 3 heterocycles. The lowest BCUT2D eigenvalue weighted by atomic mass is 9.98. The number of aryl methyl sites for hydroxylation is 1. The molecule has 0 radical (unpaired) electrons. The second kappa shape index (κ2) is 6.01. The van der Waals surface area contributed by atoms with Crippen LogP contribution in [0.3, 0.4) is 0 Å². The van der Waals surface area contributed by atoms with Crippen LogP contribution in [0.4, 0.5) is 0 Å². The predicted molar refractivity (Wildman–Crippen MR) is 85.9 cm³/mol. The summed E-state index contributed by atoms with van der Waals surface area (Å²) in [6.45, 7) is 3.48. The fraction of sp³-hybridized carbons (Fsp3) is 0.333. The van der Waals surface area contributed by atoms with Crippen molar-refractivity contribution >= 4 is 0 Å². The Bertz CT molecular complexity index is 806. The Balaban J connectivity index is 1.54. The van der Waals surface area contributed by atoms with Crippen LogP contribution in [0.2, 0.25) is 0 Å². The van der Waals surface area contributed by atoms with Crippen molar-refractivity contribution in [1.82, 2.24) is 15.0 Å². The Labute approximate surface area is 134 Å². The van der Waals surface area contributed by atoms with Crippen LogP contribution in [0.5, 0.6) is 0 Å². The standard InChI is InChI=1S/C18H19N3O2/c1-2-14-7-8-17(23-14)16-11-21(20-19-16)12-18-15-6-4-3-5-13(15)9-10-22-18/h3-8,11,18H,2,9-10,12H2,1H3. The smallest absolute Gasteiger partial charge is 0.156 e. The van der Waals surface area contributed by atoms with E-state index >= 15 is 0 Å². The van der Waals surface area contributed by atoms with E-state index in [-0.39, 0.29) is 6.10 Å². The molecule has 2 aromatic heterocycles. The lowest BCUT2D eigenvalue weighted by Gasteiger charge is -2.25. The zero-order valence-corrected chi connectivity index (χ0v) is 13.1. The van der Waals surface area contributed by atoms with Gasteiger partial charge in [0.05, 0.1) is 19.3 Å². The number of furan rings is 1. The molecule has 0 spiro atoms. The number of ether oxygens (including phenoxy) is 1. The van der Waals surface area contributed by atoms with E-state index in [1.165, 1.54) is 11.1 Å². The molecule has 0 fully saturated rings. The van der Waals surface area contributed by atoms with Gasteiger partial charge in [0.1, 0.15) is 17.6 Å². The molecule has 3 aromatic rings. The van der Waals surface area contributed by atoms with Crippen LogP contribution in [0.15, 0.2) is 47.0 Å². The first-order valence-corrected chi connectivity index (χ1v) is 8.02. The fourth-order valence-corrected chi connectivity index (χ4v) is 3.00. The molecule has 5 nitrogen and oxygen atoms in total. The molecular formula is C18H19N3O2. The van der Waals surface area contributed by atoms with E-state index in [0.717, 1.165) is 36.7 Å². The molecule has 0 aliphatic carbocycles. The van der Waals surface area contributed by atoms with E-state index in [1.54, 1.807) is 0 Å². The van der Waals surface area contributed by atoms with Crippen LogP contribution in [0.1, 0.15) is 29.9 Å². The maximum absolute atomic E-state index is 5.93. The van der Waals surface area contributed by atoms with Crippen molar-refractivity contribution in [3.05, 3.63) is 59.5 Å². The molecule has 0 saturated heterocycles. The molecule has 0 N–H and O–H groups in total. The number of hydrogen-bond donors (Lipinski definition) is 0. The number of aromatic nitrogens is 3. The zero-order valence-electron chi connectivity index (χ0n) is 13.1. The summed E-state index contributed by atoms with van der Waals surface area (Å²) in [6, 6.07) is 12.4. The van der Waals surface area contributed by atoms with Crippen LogP contribution in [0, 0.1) is 0 Å². The average Bonchev–Trinajstić information content (AvgIpc) is 3.24. The first kappa shape index (κ1) is 14.2. The molecule has 118 valence electrons. The second-order valence-corrected chi connectivity index (χ2v) is 5.75. The first-order chi connectivity index (χ1) is 11.3. The summed E-state index contributed by atoms with van der Waals surface area (Å²) >= 11 is 0. The zero-order chi connectivity index (χ0) is 15.6. The van der Waals surface area contributed by atoms with Crippen molar-refractivity contribution in [3.63, 3.8) is 0 Å². The van der Waals surface area contributed by atoms with Crippen LogP contribution in [-0.2, 0) is 24.1 Å². The predicted octanol–water partition coefficient (Wildman–Crippen LogP) is 3.41. The summed E-state index contributed by atoms with van der Waals surface area (Å²) in [5, 5.41) is 8.44. The highest BCUT2D eigenvalue weighted by Crippen LogP contribution is 2.28. The minimum absolute atomic E-state index is 0.0253. The Kier molecular flexibility index (Phi) is 3.71. The molecule has 1 aliphatic rings. The van der Waals surface area contributed by atoms with E-state index in [4.69, 9.17) is 9.15 Å². The summed E-state index contributed by atoms with van der Waals surface area (Å²) in [6.07, 6.45) is 3.79. The third-order valence-electron chi connectivity index (χ3n) is 4.25. The van der Waals surface area contributed by atoms with E-state index in [1.807, 2.05) is 23.0 Å². The van der Waals surface area contributed by atoms with Gasteiger partial charge in [-0.1, -0.05) is 36.4 Å². The molecular weight excluding hydrogens is 290 g/mol. The molecule has 0 amide bonds. The monoisotopic (exact) mass is 309 g/mol. The summed E-state index contributed by atoms with van der Waals surface area (Å²) < 4.78 is 13.5. The number of nitrogens with zero attached hydrogens (tertiary/aromatic N) is 3. The summed E-state index contributed by atoms with van der Waals surface area (Å²) in [5.41, 5.74) is 3.37.